The molecular formula is C28H31N9O. The topological polar surface area (TPSA) is 137 Å². The lowest BCUT2D eigenvalue weighted by atomic mass is 10.0. The average molecular weight is 510 g/mol. The molecule has 0 aliphatic carbocycles. The number of amides is 1. The van der Waals surface area contributed by atoms with Crippen LogP contribution in [0.5, 0.6) is 0 Å². The van der Waals surface area contributed by atoms with Crippen LogP contribution in [0.1, 0.15) is 44.2 Å². The Morgan fingerprint density at radius 1 is 1.26 bits per heavy atom. The highest BCUT2D eigenvalue weighted by Gasteiger charge is 2.18. The van der Waals surface area contributed by atoms with Gasteiger partial charge in [0.15, 0.2) is 11.5 Å². The maximum absolute atomic E-state index is 12.1. The van der Waals surface area contributed by atoms with Crippen molar-refractivity contribution in [3.05, 3.63) is 60.8 Å². The van der Waals surface area contributed by atoms with Gasteiger partial charge in [-0.2, -0.15) is 5.10 Å². The fourth-order valence-corrected chi connectivity index (χ4v) is 4.45. The van der Waals surface area contributed by atoms with Gasteiger partial charge in [-0.15, -0.1) is 0 Å². The van der Waals surface area contributed by atoms with Crippen LogP contribution < -0.4 is 10.6 Å². The van der Waals surface area contributed by atoms with Crippen molar-refractivity contribution in [2.75, 3.05) is 13.1 Å². The SMILES string of the molecule is C=CNC/C(=C\CNC(=O)CC(C)C)c1cnc2n[nH]c(-c3nc4c(C5=CN=CCC5)cncc4[nH]3)c2c1. The van der Waals surface area contributed by atoms with Crippen LogP contribution in [0, 0.1) is 5.92 Å². The molecule has 5 rings (SSSR count). The van der Waals surface area contributed by atoms with Crippen LogP contribution in [0.15, 0.2) is 54.7 Å². The molecule has 4 aromatic heterocycles. The number of pyridine rings is 2. The first kappa shape index (κ1) is 25.1. The Morgan fingerprint density at radius 3 is 2.95 bits per heavy atom. The smallest absolute Gasteiger partial charge is 0.220 e. The second-order valence-electron chi connectivity index (χ2n) is 9.60. The number of hydrogen-bond acceptors (Lipinski definition) is 7. The zero-order valence-corrected chi connectivity index (χ0v) is 21.6. The van der Waals surface area contributed by atoms with Crippen molar-refractivity contribution in [1.82, 2.24) is 40.8 Å². The van der Waals surface area contributed by atoms with Crippen LogP contribution in [-0.2, 0) is 4.79 Å². The van der Waals surface area contributed by atoms with Crippen LogP contribution in [0.4, 0.5) is 0 Å². The van der Waals surface area contributed by atoms with Gasteiger partial charge in [-0.3, -0.25) is 19.9 Å². The number of carbonyl (C=O) groups excluding carboxylic acids is 1. The van der Waals surface area contributed by atoms with E-state index in [1.54, 1.807) is 18.6 Å². The number of aliphatic imine (C=N–C) groups is 1. The first-order chi connectivity index (χ1) is 18.5. The maximum Gasteiger partial charge on any atom is 0.220 e. The lowest BCUT2D eigenvalue weighted by molar-refractivity contribution is -0.121. The van der Waals surface area contributed by atoms with E-state index < -0.39 is 0 Å². The number of aromatic amines is 2. The Morgan fingerprint density at radius 2 is 2.16 bits per heavy atom. The third-order valence-electron chi connectivity index (χ3n) is 6.31. The van der Waals surface area contributed by atoms with E-state index in [9.17, 15) is 4.79 Å². The molecule has 0 aromatic carbocycles. The minimum Gasteiger partial charge on any atom is -0.387 e. The Kier molecular flexibility index (Phi) is 7.39. The van der Waals surface area contributed by atoms with Crippen molar-refractivity contribution in [1.29, 1.82) is 0 Å². The molecule has 0 bridgehead atoms. The van der Waals surface area contributed by atoms with Crippen molar-refractivity contribution in [3.63, 3.8) is 0 Å². The van der Waals surface area contributed by atoms with E-state index in [2.05, 4.69) is 47.4 Å². The molecule has 0 spiro atoms. The Bertz CT molecular complexity index is 1570. The molecular weight excluding hydrogens is 478 g/mol. The Hall–Kier alpha value is -4.60. The molecule has 194 valence electrons. The molecule has 0 saturated carbocycles. The fourth-order valence-electron chi connectivity index (χ4n) is 4.45. The molecule has 1 aliphatic rings. The summed E-state index contributed by atoms with van der Waals surface area (Å²) in [5.74, 6) is 1.00. The van der Waals surface area contributed by atoms with Gasteiger partial charge in [0.1, 0.15) is 5.69 Å². The summed E-state index contributed by atoms with van der Waals surface area (Å²) in [6, 6.07) is 2.04. The Labute approximate surface area is 220 Å². The van der Waals surface area contributed by atoms with Gasteiger partial charge in [0, 0.05) is 49.9 Å². The zero-order valence-electron chi connectivity index (χ0n) is 21.6. The average Bonchev–Trinajstić information content (AvgIpc) is 3.54. The predicted octanol–water partition coefficient (Wildman–Crippen LogP) is 4.38. The van der Waals surface area contributed by atoms with Gasteiger partial charge < -0.3 is 15.6 Å². The number of aromatic nitrogens is 6. The summed E-state index contributed by atoms with van der Waals surface area (Å²) in [5, 5.41) is 14.5. The van der Waals surface area contributed by atoms with Crippen molar-refractivity contribution in [2.24, 2.45) is 10.9 Å². The number of H-pyrrole nitrogens is 2. The minimum atomic E-state index is 0.0347. The summed E-state index contributed by atoms with van der Waals surface area (Å²) in [6.45, 7) is 8.78. The summed E-state index contributed by atoms with van der Waals surface area (Å²) in [7, 11) is 0. The summed E-state index contributed by atoms with van der Waals surface area (Å²) >= 11 is 0. The fraction of sp³-hybridized carbons (Fsp3) is 0.286. The number of nitrogens with one attached hydrogen (secondary N) is 4. The number of rotatable bonds is 10. The summed E-state index contributed by atoms with van der Waals surface area (Å²) in [5.41, 5.74) is 7.01. The number of allylic oxidation sites excluding steroid dienone is 1. The molecule has 1 amide bonds. The van der Waals surface area contributed by atoms with Gasteiger partial charge >= 0.3 is 0 Å². The minimum absolute atomic E-state index is 0.0347. The largest absolute Gasteiger partial charge is 0.387 e. The first-order valence-electron chi connectivity index (χ1n) is 12.7. The van der Waals surface area contributed by atoms with E-state index >= 15 is 0 Å². The number of fused-ring (bicyclic) bond motifs is 2. The van der Waals surface area contributed by atoms with Gasteiger partial charge in [-0.1, -0.05) is 26.5 Å². The molecule has 0 unspecified atom stereocenters. The molecule has 5 heterocycles. The van der Waals surface area contributed by atoms with Crippen molar-refractivity contribution >= 4 is 45.3 Å². The van der Waals surface area contributed by atoms with Crippen LogP contribution in [0.25, 0.3) is 44.7 Å². The first-order valence-corrected chi connectivity index (χ1v) is 12.7. The van der Waals surface area contributed by atoms with Gasteiger partial charge in [0.05, 0.1) is 22.6 Å². The highest BCUT2D eigenvalue weighted by Crippen LogP contribution is 2.31. The van der Waals surface area contributed by atoms with Gasteiger partial charge in [0.25, 0.3) is 0 Å². The quantitative estimate of drug-likeness (QED) is 0.250. The van der Waals surface area contributed by atoms with E-state index in [1.165, 1.54) is 0 Å². The second-order valence-corrected chi connectivity index (χ2v) is 9.60. The normalized spacial score (nSPS) is 13.8. The molecule has 0 saturated heterocycles. The van der Waals surface area contributed by atoms with Crippen LogP contribution >= 0.6 is 0 Å². The van der Waals surface area contributed by atoms with Crippen molar-refractivity contribution in [3.8, 4) is 11.5 Å². The summed E-state index contributed by atoms with van der Waals surface area (Å²) < 4.78 is 0. The predicted molar refractivity (Wildman–Crippen MR) is 151 cm³/mol. The lowest BCUT2D eigenvalue weighted by Gasteiger charge is -2.10. The maximum atomic E-state index is 12.1. The van der Waals surface area contributed by atoms with E-state index in [1.807, 2.05) is 44.6 Å². The lowest BCUT2D eigenvalue weighted by Crippen LogP contribution is -2.25. The number of hydrogen-bond donors (Lipinski definition) is 4. The second kappa shape index (κ2) is 11.2. The Balaban J connectivity index is 1.48. The van der Waals surface area contributed by atoms with Gasteiger partial charge in [-0.25, -0.2) is 9.97 Å². The molecule has 38 heavy (non-hydrogen) atoms. The molecule has 10 nitrogen and oxygen atoms in total. The van der Waals surface area contributed by atoms with Crippen LogP contribution in [0.3, 0.4) is 0 Å². The molecule has 4 N–H and O–H groups in total. The summed E-state index contributed by atoms with van der Waals surface area (Å²) in [4.78, 5) is 33.7. The van der Waals surface area contributed by atoms with E-state index in [4.69, 9.17) is 4.98 Å². The van der Waals surface area contributed by atoms with Crippen LogP contribution in [0.2, 0.25) is 0 Å². The monoisotopic (exact) mass is 509 g/mol. The van der Waals surface area contributed by atoms with Crippen molar-refractivity contribution < 1.29 is 4.79 Å². The standard InChI is InChI=1S/C28H31N9O/c1-4-29-12-18(7-9-32-24(38)10-17(2)3)20-11-21-26(36-37-27(21)33-14-20)28-34-23-16-31-15-22(25(23)35-28)19-6-5-8-30-13-19/h4,7-8,11,13-17,29H,1,5-6,9-10,12H2,2-3H3,(H,32,38)(H,34,35)(H,33,36,37)/b18-7+. The third-order valence-corrected chi connectivity index (χ3v) is 6.31. The number of nitrogens with zero attached hydrogens (tertiary/aromatic N) is 5. The molecule has 4 aromatic rings. The zero-order chi connectivity index (χ0) is 26.5. The third kappa shape index (κ3) is 5.39. The van der Waals surface area contributed by atoms with E-state index in [0.29, 0.717) is 36.9 Å². The number of imidazole rings is 1. The van der Waals surface area contributed by atoms with E-state index in [-0.39, 0.29) is 5.91 Å². The highest BCUT2D eigenvalue weighted by molar-refractivity contribution is 5.95. The van der Waals surface area contributed by atoms with Crippen LogP contribution in [-0.4, -0.2) is 55.3 Å². The molecule has 0 fully saturated rings. The molecule has 10 heteroatoms. The van der Waals surface area contributed by atoms with Gasteiger partial charge in [-0.05, 0) is 47.7 Å². The molecule has 0 atom stereocenters. The van der Waals surface area contributed by atoms with E-state index in [0.717, 1.165) is 57.2 Å². The van der Waals surface area contributed by atoms with Crippen molar-refractivity contribution in [2.45, 2.75) is 33.1 Å². The summed E-state index contributed by atoms with van der Waals surface area (Å²) in [6.07, 6.45) is 15.1. The highest BCUT2D eigenvalue weighted by atomic mass is 16.1. The molecule has 1 aliphatic heterocycles. The number of carbonyl (C=O) groups is 1. The van der Waals surface area contributed by atoms with Gasteiger partial charge in [0.2, 0.25) is 5.91 Å². The molecule has 0 radical (unpaired) electrons.